The highest BCUT2D eigenvalue weighted by Crippen LogP contribution is 2.24. The maximum Gasteiger partial charge on any atom is 0.230 e. The zero-order chi connectivity index (χ0) is 16.9. The molecule has 0 saturated carbocycles. The fourth-order valence-corrected chi connectivity index (χ4v) is 3.41. The van der Waals surface area contributed by atoms with Gasteiger partial charge in [0.1, 0.15) is 0 Å². The molecule has 1 amide bonds. The Morgan fingerprint density at radius 1 is 1.04 bits per heavy atom. The minimum Gasteiger partial charge on any atom is -0.349 e. The van der Waals surface area contributed by atoms with Crippen molar-refractivity contribution >= 4 is 40.0 Å². The molecule has 0 spiro atoms. The molecule has 122 valence electrons. The molecular weight excluding hydrogens is 338 g/mol. The maximum absolute atomic E-state index is 12.2. The highest BCUT2D eigenvalue weighted by Gasteiger charge is 2.10. The topological polar surface area (TPSA) is 29.1 Å². The van der Waals surface area contributed by atoms with E-state index < -0.39 is 0 Å². The van der Waals surface area contributed by atoms with Gasteiger partial charge in [-0.05, 0) is 47.5 Å². The Morgan fingerprint density at radius 2 is 1.75 bits per heavy atom. The number of amides is 1. The van der Waals surface area contributed by atoms with Crippen LogP contribution in [0.25, 0.3) is 10.8 Å². The molecule has 1 N–H and O–H groups in total. The third-order valence-corrected chi connectivity index (χ3v) is 5.08. The summed E-state index contributed by atoms with van der Waals surface area (Å²) in [6, 6.07) is 22.0. The molecule has 2 nitrogen and oxygen atoms in total. The van der Waals surface area contributed by atoms with E-state index in [0.29, 0.717) is 10.8 Å². The van der Waals surface area contributed by atoms with Gasteiger partial charge in [-0.25, -0.2) is 0 Å². The molecule has 0 aliphatic rings. The van der Waals surface area contributed by atoms with Crippen LogP contribution in [0.2, 0.25) is 5.02 Å². The minimum atomic E-state index is -0.0352. The molecule has 24 heavy (non-hydrogen) atoms. The van der Waals surface area contributed by atoms with Crippen molar-refractivity contribution in [3.63, 3.8) is 0 Å². The summed E-state index contributed by atoms with van der Waals surface area (Å²) < 4.78 is 0. The molecule has 0 bridgehead atoms. The average Bonchev–Trinajstić information content (AvgIpc) is 2.60. The first-order valence-electron chi connectivity index (χ1n) is 7.78. The Bertz CT molecular complexity index is 848. The highest BCUT2D eigenvalue weighted by atomic mass is 35.5. The maximum atomic E-state index is 12.2. The summed E-state index contributed by atoms with van der Waals surface area (Å²) in [6.07, 6.45) is 0. The van der Waals surface area contributed by atoms with Gasteiger partial charge in [0.05, 0.1) is 11.8 Å². The van der Waals surface area contributed by atoms with E-state index in [1.807, 2.05) is 43.3 Å². The Morgan fingerprint density at radius 3 is 2.50 bits per heavy atom. The van der Waals surface area contributed by atoms with E-state index in [1.165, 1.54) is 10.8 Å². The molecule has 3 aromatic carbocycles. The van der Waals surface area contributed by atoms with Crippen molar-refractivity contribution in [2.45, 2.75) is 17.9 Å². The highest BCUT2D eigenvalue weighted by molar-refractivity contribution is 8.00. The van der Waals surface area contributed by atoms with Crippen LogP contribution in [-0.4, -0.2) is 11.7 Å². The largest absolute Gasteiger partial charge is 0.349 e. The molecule has 0 aliphatic carbocycles. The predicted molar refractivity (Wildman–Crippen MR) is 103 cm³/mol. The van der Waals surface area contributed by atoms with Crippen molar-refractivity contribution < 1.29 is 4.79 Å². The van der Waals surface area contributed by atoms with Gasteiger partial charge in [0.2, 0.25) is 5.91 Å². The number of nitrogens with one attached hydrogen (secondary N) is 1. The number of hydrogen-bond acceptors (Lipinski definition) is 2. The first-order chi connectivity index (χ1) is 11.6. The van der Waals surface area contributed by atoms with Crippen LogP contribution in [0.5, 0.6) is 0 Å². The molecule has 0 unspecified atom stereocenters. The van der Waals surface area contributed by atoms with Crippen molar-refractivity contribution in [2.75, 3.05) is 5.75 Å². The van der Waals surface area contributed by atoms with Gasteiger partial charge in [0.15, 0.2) is 0 Å². The molecular formula is C20H18ClNOS. The molecule has 0 aliphatic heterocycles. The summed E-state index contributed by atoms with van der Waals surface area (Å²) in [7, 11) is 0. The number of hydrogen-bond donors (Lipinski definition) is 1. The molecule has 0 fully saturated rings. The van der Waals surface area contributed by atoms with Crippen LogP contribution < -0.4 is 5.32 Å². The van der Waals surface area contributed by atoms with Gasteiger partial charge >= 0.3 is 0 Å². The second-order valence-electron chi connectivity index (χ2n) is 5.64. The summed E-state index contributed by atoms with van der Waals surface area (Å²) in [4.78, 5) is 13.3. The number of thioether (sulfide) groups is 1. The lowest BCUT2D eigenvalue weighted by molar-refractivity contribution is -0.119. The number of halogens is 1. The van der Waals surface area contributed by atoms with E-state index in [9.17, 15) is 4.79 Å². The predicted octanol–water partition coefficient (Wildman–Crippen LogP) is 5.46. The summed E-state index contributed by atoms with van der Waals surface area (Å²) in [5, 5.41) is 6.12. The van der Waals surface area contributed by atoms with E-state index in [0.717, 1.165) is 10.5 Å². The standard InChI is InChI=1S/C20H18ClNOS/c1-14(15-6-9-18(21)10-7-15)22-20(23)13-24-19-11-8-16-4-2-3-5-17(16)12-19/h2-12,14H,13H2,1H3,(H,22,23)/t14-/m1/s1. The summed E-state index contributed by atoms with van der Waals surface area (Å²) >= 11 is 7.44. The zero-order valence-electron chi connectivity index (χ0n) is 13.3. The van der Waals surface area contributed by atoms with Crippen molar-refractivity contribution in [1.82, 2.24) is 5.32 Å². The lowest BCUT2D eigenvalue weighted by Gasteiger charge is -2.14. The lowest BCUT2D eigenvalue weighted by atomic mass is 10.1. The van der Waals surface area contributed by atoms with Crippen LogP contribution in [0.3, 0.4) is 0 Å². The summed E-state index contributed by atoms with van der Waals surface area (Å²) in [5.74, 6) is 0.423. The molecule has 0 radical (unpaired) electrons. The molecule has 3 rings (SSSR count). The van der Waals surface area contributed by atoms with Crippen molar-refractivity contribution in [3.05, 3.63) is 77.3 Å². The first kappa shape index (κ1) is 16.9. The quantitative estimate of drug-likeness (QED) is 0.615. The van der Waals surface area contributed by atoms with E-state index in [2.05, 4.69) is 35.6 Å². The van der Waals surface area contributed by atoms with Crippen LogP contribution in [0.1, 0.15) is 18.5 Å². The Balaban J connectivity index is 1.57. The van der Waals surface area contributed by atoms with Gasteiger partial charge in [-0.2, -0.15) is 0 Å². The first-order valence-corrected chi connectivity index (χ1v) is 9.14. The molecule has 3 aromatic rings. The van der Waals surface area contributed by atoms with Gasteiger partial charge in [-0.1, -0.05) is 54.1 Å². The molecule has 0 heterocycles. The van der Waals surface area contributed by atoms with Crippen molar-refractivity contribution in [3.8, 4) is 0 Å². The third kappa shape index (κ3) is 4.31. The third-order valence-electron chi connectivity index (χ3n) is 3.84. The van der Waals surface area contributed by atoms with E-state index >= 15 is 0 Å². The lowest BCUT2D eigenvalue weighted by Crippen LogP contribution is -2.28. The minimum absolute atomic E-state index is 0.0237. The number of carbonyl (C=O) groups excluding carboxylic acids is 1. The average molecular weight is 356 g/mol. The van der Waals surface area contributed by atoms with E-state index in [-0.39, 0.29) is 11.9 Å². The number of benzene rings is 3. The number of carbonyl (C=O) groups is 1. The van der Waals surface area contributed by atoms with Crippen LogP contribution in [-0.2, 0) is 4.79 Å². The SMILES string of the molecule is C[C@@H](NC(=O)CSc1ccc2ccccc2c1)c1ccc(Cl)cc1. The smallest absolute Gasteiger partial charge is 0.230 e. The Hall–Kier alpha value is -1.97. The number of fused-ring (bicyclic) bond motifs is 1. The monoisotopic (exact) mass is 355 g/mol. The fourth-order valence-electron chi connectivity index (χ4n) is 2.52. The van der Waals surface area contributed by atoms with Crippen LogP contribution in [0, 0.1) is 0 Å². The van der Waals surface area contributed by atoms with Crippen LogP contribution in [0.4, 0.5) is 0 Å². The second kappa shape index (κ2) is 7.73. The van der Waals surface area contributed by atoms with Crippen LogP contribution in [0.15, 0.2) is 71.6 Å². The summed E-state index contributed by atoms with van der Waals surface area (Å²) in [5.41, 5.74) is 1.04. The fraction of sp³-hybridized carbons (Fsp3) is 0.150. The van der Waals surface area contributed by atoms with Gasteiger partial charge in [0, 0.05) is 9.92 Å². The van der Waals surface area contributed by atoms with Gasteiger partial charge < -0.3 is 5.32 Å². The van der Waals surface area contributed by atoms with Gasteiger partial charge in [-0.15, -0.1) is 11.8 Å². The van der Waals surface area contributed by atoms with Gasteiger partial charge in [0.25, 0.3) is 0 Å². The summed E-state index contributed by atoms with van der Waals surface area (Å²) in [6.45, 7) is 1.97. The van der Waals surface area contributed by atoms with E-state index in [1.54, 1.807) is 11.8 Å². The number of rotatable bonds is 5. The molecule has 4 heteroatoms. The normalized spacial score (nSPS) is 12.1. The molecule has 0 aromatic heterocycles. The van der Waals surface area contributed by atoms with Crippen LogP contribution >= 0.6 is 23.4 Å². The van der Waals surface area contributed by atoms with E-state index in [4.69, 9.17) is 11.6 Å². The molecule has 1 atom stereocenters. The van der Waals surface area contributed by atoms with Crippen molar-refractivity contribution in [2.24, 2.45) is 0 Å². The Labute approximate surface area is 151 Å². The van der Waals surface area contributed by atoms with Gasteiger partial charge in [-0.3, -0.25) is 4.79 Å². The Kier molecular flexibility index (Phi) is 5.44. The second-order valence-corrected chi connectivity index (χ2v) is 7.12. The molecule has 0 saturated heterocycles. The van der Waals surface area contributed by atoms with Crippen molar-refractivity contribution in [1.29, 1.82) is 0 Å². The zero-order valence-corrected chi connectivity index (χ0v) is 14.9.